The first kappa shape index (κ1) is 11.1. The molecule has 1 saturated heterocycles. The number of rotatable bonds is 4. The van der Waals surface area contributed by atoms with E-state index in [1.807, 2.05) is 6.07 Å². The smallest absolute Gasteiger partial charge is 0.131 e. The second-order valence-corrected chi connectivity index (χ2v) is 3.99. The molecule has 0 aliphatic carbocycles. The van der Waals surface area contributed by atoms with Crippen molar-refractivity contribution in [2.24, 2.45) is 0 Å². The molecule has 5 nitrogen and oxygen atoms in total. The van der Waals surface area contributed by atoms with Crippen molar-refractivity contribution >= 4 is 11.6 Å². The fourth-order valence-electron chi connectivity index (χ4n) is 1.89. The summed E-state index contributed by atoms with van der Waals surface area (Å²) in [6.45, 7) is 5.11. The molecule has 0 saturated carbocycles. The van der Waals surface area contributed by atoms with Crippen molar-refractivity contribution in [3.05, 3.63) is 12.4 Å². The molecule has 1 aliphatic rings. The van der Waals surface area contributed by atoms with Crippen LogP contribution in [0, 0.1) is 0 Å². The van der Waals surface area contributed by atoms with E-state index in [0.717, 1.165) is 44.1 Å². The summed E-state index contributed by atoms with van der Waals surface area (Å²) in [7, 11) is 0. The summed E-state index contributed by atoms with van der Waals surface area (Å²) in [6.07, 6.45) is 3.91. The van der Waals surface area contributed by atoms with Crippen molar-refractivity contribution in [1.82, 2.24) is 15.3 Å². The van der Waals surface area contributed by atoms with Gasteiger partial charge in [0.2, 0.25) is 0 Å². The number of piperidine rings is 1. The van der Waals surface area contributed by atoms with E-state index in [9.17, 15) is 0 Å². The molecule has 0 radical (unpaired) electrons. The summed E-state index contributed by atoms with van der Waals surface area (Å²) >= 11 is 0. The minimum atomic E-state index is 0.533. The Kier molecular flexibility index (Phi) is 3.93. The molecule has 1 aromatic rings. The summed E-state index contributed by atoms with van der Waals surface area (Å²) in [5.41, 5.74) is 0. The largest absolute Gasteiger partial charge is 0.370 e. The molecule has 1 fully saturated rings. The van der Waals surface area contributed by atoms with Crippen LogP contribution in [0.15, 0.2) is 12.4 Å². The number of hydrogen-bond donors (Lipinski definition) is 3. The third-order valence-electron chi connectivity index (χ3n) is 2.72. The molecule has 2 rings (SSSR count). The van der Waals surface area contributed by atoms with Gasteiger partial charge in [0, 0.05) is 18.7 Å². The minimum Gasteiger partial charge on any atom is -0.370 e. The van der Waals surface area contributed by atoms with Gasteiger partial charge in [0.05, 0.1) is 0 Å². The van der Waals surface area contributed by atoms with Crippen LogP contribution in [0.4, 0.5) is 11.6 Å². The van der Waals surface area contributed by atoms with Crippen molar-refractivity contribution in [3.8, 4) is 0 Å². The molecule has 0 atom stereocenters. The Hall–Kier alpha value is -1.36. The molecular weight excluding hydrogens is 202 g/mol. The molecule has 16 heavy (non-hydrogen) atoms. The van der Waals surface area contributed by atoms with Gasteiger partial charge in [-0.3, -0.25) is 0 Å². The SMILES string of the molecule is CCNc1cc(NC2CCNCC2)ncn1. The van der Waals surface area contributed by atoms with Gasteiger partial charge in [-0.05, 0) is 32.9 Å². The van der Waals surface area contributed by atoms with Crippen LogP contribution >= 0.6 is 0 Å². The van der Waals surface area contributed by atoms with E-state index >= 15 is 0 Å². The molecular formula is C11H19N5. The monoisotopic (exact) mass is 221 g/mol. The summed E-state index contributed by atoms with van der Waals surface area (Å²) in [5, 5.41) is 9.98. The van der Waals surface area contributed by atoms with Gasteiger partial charge in [-0.2, -0.15) is 0 Å². The van der Waals surface area contributed by atoms with Gasteiger partial charge in [0.15, 0.2) is 0 Å². The predicted molar refractivity (Wildman–Crippen MR) is 65.7 cm³/mol. The Bertz CT molecular complexity index is 322. The van der Waals surface area contributed by atoms with Crippen LogP contribution in [-0.4, -0.2) is 35.6 Å². The van der Waals surface area contributed by atoms with E-state index in [4.69, 9.17) is 0 Å². The first-order chi connectivity index (χ1) is 7.88. The van der Waals surface area contributed by atoms with E-state index < -0.39 is 0 Å². The molecule has 0 spiro atoms. The minimum absolute atomic E-state index is 0.533. The van der Waals surface area contributed by atoms with Gasteiger partial charge < -0.3 is 16.0 Å². The van der Waals surface area contributed by atoms with Crippen LogP contribution in [-0.2, 0) is 0 Å². The van der Waals surface area contributed by atoms with Gasteiger partial charge in [-0.1, -0.05) is 0 Å². The summed E-state index contributed by atoms with van der Waals surface area (Å²) in [6, 6.07) is 2.50. The van der Waals surface area contributed by atoms with Crippen LogP contribution in [0.1, 0.15) is 19.8 Å². The number of nitrogens with zero attached hydrogens (tertiary/aromatic N) is 2. The molecule has 0 aromatic carbocycles. The van der Waals surface area contributed by atoms with E-state index in [-0.39, 0.29) is 0 Å². The van der Waals surface area contributed by atoms with Gasteiger partial charge in [0.25, 0.3) is 0 Å². The second-order valence-electron chi connectivity index (χ2n) is 3.99. The Balaban J connectivity index is 1.94. The maximum atomic E-state index is 4.23. The Morgan fingerprint density at radius 1 is 1.31 bits per heavy atom. The second kappa shape index (κ2) is 5.65. The highest BCUT2D eigenvalue weighted by Crippen LogP contribution is 2.13. The molecule has 1 aromatic heterocycles. The van der Waals surface area contributed by atoms with Gasteiger partial charge in [0.1, 0.15) is 18.0 Å². The molecule has 1 aliphatic heterocycles. The Labute approximate surface area is 96.1 Å². The third-order valence-corrected chi connectivity index (χ3v) is 2.72. The molecule has 0 amide bonds. The number of aromatic nitrogens is 2. The van der Waals surface area contributed by atoms with Gasteiger partial charge in [-0.25, -0.2) is 9.97 Å². The lowest BCUT2D eigenvalue weighted by atomic mass is 10.1. The van der Waals surface area contributed by atoms with Crippen molar-refractivity contribution < 1.29 is 0 Å². The van der Waals surface area contributed by atoms with E-state index in [2.05, 4.69) is 32.8 Å². The average molecular weight is 221 g/mol. The van der Waals surface area contributed by atoms with Crippen molar-refractivity contribution in [1.29, 1.82) is 0 Å². The Morgan fingerprint density at radius 3 is 2.81 bits per heavy atom. The first-order valence-electron chi connectivity index (χ1n) is 5.91. The van der Waals surface area contributed by atoms with Crippen LogP contribution in [0.25, 0.3) is 0 Å². The van der Waals surface area contributed by atoms with E-state index in [1.165, 1.54) is 0 Å². The van der Waals surface area contributed by atoms with Crippen LogP contribution in [0.5, 0.6) is 0 Å². The highest BCUT2D eigenvalue weighted by Gasteiger charge is 2.12. The summed E-state index contributed by atoms with van der Waals surface area (Å²) < 4.78 is 0. The van der Waals surface area contributed by atoms with Crippen molar-refractivity contribution in [2.75, 3.05) is 30.3 Å². The van der Waals surface area contributed by atoms with Crippen molar-refractivity contribution in [3.63, 3.8) is 0 Å². The standard InChI is InChI=1S/C11H19N5/c1-2-13-10-7-11(15-8-14-10)16-9-3-5-12-6-4-9/h7-9,12H,2-6H2,1H3,(H2,13,14,15,16). The molecule has 2 heterocycles. The summed E-state index contributed by atoms with van der Waals surface area (Å²) in [4.78, 5) is 8.38. The maximum absolute atomic E-state index is 4.23. The highest BCUT2D eigenvalue weighted by molar-refractivity contribution is 5.46. The summed E-state index contributed by atoms with van der Waals surface area (Å²) in [5.74, 6) is 1.80. The van der Waals surface area contributed by atoms with Crippen LogP contribution < -0.4 is 16.0 Å². The first-order valence-corrected chi connectivity index (χ1v) is 5.91. The molecule has 3 N–H and O–H groups in total. The lowest BCUT2D eigenvalue weighted by Gasteiger charge is -2.24. The quantitative estimate of drug-likeness (QED) is 0.710. The molecule has 88 valence electrons. The lowest BCUT2D eigenvalue weighted by Crippen LogP contribution is -2.35. The topological polar surface area (TPSA) is 61.9 Å². The normalized spacial score (nSPS) is 17.1. The zero-order valence-electron chi connectivity index (χ0n) is 9.66. The van der Waals surface area contributed by atoms with Gasteiger partial charge in [-0.15, -0.1) is 0 Å². The van der Waals surface area contributed by atoms with E-state index in [1.54, 1.807) is 6.33 Å². The zero-order valence-corrected chi connectivity index (χ0v) is 9.66. The molecule has 0 unspecified atom stereocenters. The lowest BCUT2D eigenvalue weighted by molar-refractivity contribution is 0.478. The van der Waals surface area contributed by atoms with Crippen molar-refractivity contribution in [2.45, 2.75) is 25.8 Å². The average Bonchev–Trinajstić information content (AvgIpc) is 2.31. The predicted octanol–water partition coefficient (Wildman–Crippen LogP) is 1.07. The number of hydrogen-bond acceptors (Lipinski definition) is 5. The third kappa shape index (κ3) is 3.06. The molecule has 5 heteroatoms. The fourth-order valence-corrected chi connectivity index (χ4v) is 1.89. The highest BCUT2D eigenvalue weighted by atomic mass is 15.1. The number of anilines is 2. The Morgan fingerprint density at radius 2 is 2.06 bits per heavy atom. The van der Waals surface area contributed by atoms with Gasteiger partial charge >= 0.3 is 0 Å². The maximum Gasteiger partial charge on any atom is 0.131 e. The molecule has 0 bridgehead atoms. The van der Waals surface area contributed by atoms with Crippen LogP contribution in [0.2, 0.25) is 0 Å². The fraction of sp³-hybridized carbons (Fsp3) is 0.636. The number of nitrogens with one attached hydrogen (secondary N) is 3. The van der Waals surface area contributed by atoms with E-state index in [0.29, 0.717) is 6.04 Å². The zero-order chi connectivity index (χ0) is 11.2. The van der Waals surface area contributed by atoms with Crippen LogP contribution in [0.3, 0.4) is 0 Å².